The number of hydrogen-bond donors (Lipinski definition) is 0. The fourth-order valence-corrected chi connectivity index (χ4v) is 2.82. The first-order chi connectivity index (χ1) is 10.2. The number of aromatic nitrogens is 1. The van der Waals surface area contributed by atoms with Gasteiger partial charge in [-0.1, -0.05) is 39.0 Å². The van der Waals surface area contributed by atoms with Crippen molar-refractivity contribution in [3.05, 3.63) is 54.4 Å². The smallest absolute Gasteiger partial charge is 0.0865 e. The van der Waals surface area contributed by atoms with Crippen molar-refractivity contribution in [2.75, 3.05) is 0 Å². The third-order valence-corrected chi connectivity index (χ3v) is 4.22. The van der Waals surface area contributed by atoms with Crippen molar-refractivity contribution in [1.29, 1.82) is 5.26 Å². The molecular weight excluding hydrogens is 280 g/mol. The SMILES string of the molecule is CC.CC(CC#N)c1cncc(S(=O)c2ccccc2)c1. The van der Waals surface area contributed by atoms with Crippen LogP contribution < -0.4 is 0 Å². The molecule has 0 aliphatic rings. The molecule has 21 heavy (non-hydrogen) atoms. The Hall–Kier alpha value is -1.99. The Balaban J connectivity index is 0.00000106. The minimum absolute atomic E-state index is 0.102. The summed E-state index contributed by atoms with van der Waals surface area (Å²) in [5.41, 5.74) is 0.948. The van der Waals surface area contributed by atoms with Crippen molar-refractivity contribution in [3.8, 4) is 6.07 Å². The zero-order valence-electron chi connectivity index (χ0n) is 12.6. The monoisotopic (exact) mass is 300 g/mol. The molecule has 4 heteroatoms. The predicted octanol–water partition coefficient (Wildman–Crippen LogP) is 4.29. The number of nitrogens with zero attached hydrogens (tertiary/aromatic N) is 2. The van der Waals surface area contributed by atoms with E-state index in [0.29, 0.717) is 11.3 Å². The molecule has 2 unspecified atom stereocenters. The second-order valence-corrected chi connectivity index (χ2v) is 5.78. The molecule has 0 N–H and O–H groups in total. The molecule has 0 aliphatic carbocycles. The Morgan fingerprint density at radius 2 is 1.86 bits per heavy atom. The first-order valence-electron chi connectivity index (χ1n) is 7.01. The van der Waals surface area contributed by atoms with Gasteiger partial charge in [0.1, 0.15) is 0 Å². The van der Waals surface area contributed by atoms with E-state index in [1.807, 2.05) is 57.2 Å². The standard InChI is InChI=1S/C15H14N2OS.C2H6/c1-12(7-8-16)13-9-15(11-17-10-13)19(18)14-5-3-2-4-6-14;1-2/h2-6,9-12H,7H2,1H3;1-2H3. The molecule has 0 spiro atoms. The van der Waals surface area contributed by atoms with Crippen LogP contribution in [0.4, 0.5) is 0 Å². The van der Waals surface area contributed by atoms with E-state index in [1.165, 1.54) is 0 Å². The summed E-state index contributed by atoms with van der Waals surface area (Å²) in [5.74, 6) is 0.102. The van der Waals surface area contributed by atoms with Crippen LogP contribution in [0, 0.1) is 11.3 Å². The van der Waals surface area contributed by atoms with Crippen molar-refractivity contribution >= 4 is 10.8 Å². The Morgan fingerprint density at radius 1 is 1.19 bits per heavy atom. The maximum atomic E-state index is 12.4. The van der Waals surface area contributed by atoms with Gasteiger partial charge in [0.15, 0.2) is 0 Å². The van der Waals surface area contributed by atoms with Gasteiger partial charge in [-0.2, -0.15) is 5.26 Å². The molecule has 0 amide bonds. The van der Waals surface area contributed by atoms with Gasteiger partial charge in [0.25, 0.3) is 0 Å². The lowest BCUT2D eigenvalue weighted by Crippen LogP contribution is -1.98. The second-order valence-electron chi connectivity index (χ2n) is 4.30. The van der Waals surface area contributed by atoms with E-state index in [2.05, 4.69) is 11.1 Å². The van der Waals surface area contributed by atoms with Crippen molar-refractivity contribution in [2.45, 2.75) is 42.9 Å². The summed E-state index contributed by atoms with van der Waals surface area (Å²) in [6.45, 7) is 5.97. The van der Waals surface area contributed by atoms with Crippen LogP contribution in [0.5, 0.6) is 0 Å². The average molecular weight is 300 g/mol. The van der Waals surface area contributed by atoms with Crippen LogP contribution in [0.25, 0.3) is 0 Å². The maximum Gasteiger partial charge on any atom is 0.0865 e. The van der Waals surface area contributed by atoms with Crippen molar-refractivity contribution in [1.82, 2.24) is 4.98 Å². The summed E-state index contributed by atoms with van der Waals surface area (Å²) >= 11 is 0. The summed E-state index contributed by atoms with van der Waals surface area (Å²) in [5, 5.41) is 8.72. The molecule has 1 aromatic heterocycles. The summed E-state index contributed by atoms with van der Waals surface area (Å²) in [7, 11) is -1.22. The van der Waals surface area contributed by atoms with Crippen LogP contribution >= 0.6 is 0 Å². The molecule has 0 bridgehead atoms. The first kappa shape index (κ1) is 17.1. The molecule has 0 saturated carbocycles. The Kier molecular flexibility index (Phi) is 7.34. The predicted molar refractivity (Wildman–Crippen MR) is 85.3 cm³/mol. The third kappa shape index (κ3) is 4.80. The highest BCUT2D eigenvalue weighted by Gasteiger charge is 2.11. The van der Waals surface area contributed by atoms with Crippen LogP contribution in [-0.4, -0.2) is 9.19 Å². The Bertz CT molecular complexity index is 620. The molecule has 0 radical (unpaired) electrons. The lowest BCUT2D eigenvalue weighted by atomic mass is 10.0. The largest absolute Gasteiger partial charge is 0.263 e. The van der Waals surface area contributed by atoms with Crippen LogP contribution in [0.2, 0.25) is 0 Å². The Morgan fingerprint density at radius 3 is 2.48 bits per heavy atom. The van der Waals surface area contributed by atoms with Crippen molar-refractivity contribution in [3.63, 3.8) is 0 Å². The highest BCUT2D eigenvalue weighted by Crippen LogP contribution is 2.22. The van der Waals surface area contributed by atoms with Gasteiger partial charge in [-0.05, 0) is 29.7 Å². The average Bonchev–Trinajstić information content (AvgIpc) is 2.57. The molecule has 2 atom stereocenters. The summed E-state index contributed by atoms with van der Waals surface area (Å²) < 4.78 is 12.4. The van der Waals surface area contributed by atoms with Crippen molar-refractivity contribution in [2.24, 2.45) is 0 Å². The number of nitriles is 1. The number of benzene rings is 1. The van der Waals surface area contributed by atoms with E-state index in [4.69, 9.17) is 5.26 Å². The van der Waals surface area contributed by atoms with E-state index in [1.54, 1.807) is 12.4 Å². The minimum Gasteiger partial charge on any atom is -0.263 e. The van der Waals surface area contributed by atoms with Gasteiger partial charge < -0.3 is 0 Å². The van der Waals surface area contributed by atoms with E-state index in [9.17, 15) is 4.21 Å². The molecule has 1 aromatic carbocycles. The van der Waals surface area contributed by atoms with Crippen molar-refractivity contribution < 1.29 is 4.21 Å². The highest BCUT2D eigenvalue weighted by atomic mass is 32.2. The van der Waals surface area contributed by atoms with Gasteiger partial charge in [0, 0.05) is 23.7 Å². The zero-order valence-corrected chi connectivity index (χ0v) is 13.4. The normalized spacial score (nSPS) is 12.5. The number of hydrogen-bond acceptors (Lipinski definition) is 3. The molecule has 110 valence electrons. The van der Waals surface area contributed by atoms with E-state index < -0.39 is 10.8 Å². The molecule has 0 saturated heterocycles. The van der Waals surface area contributed by atoms with E-state index in [-0.39, 0.29) is 5.92 Å². The first-order valence-corrected chi connectivity index (χ1v) is 8.16. The third-order valence-electron chi connectivity index (χ3n) is 2.87. The lowest BCUT2D eigenvalue weighted by Gasteiger charge is -2.09. The maximum absolute atomic E-state index is 12.4. The number of rotatable bonds is 4. The van der Waals surface area contributed by atoms with E-state index in [0.717, 1.165) is 10.5 Å². The van der Waals surface area contributed by atoms with Crippen LogP contribution in [0.1, 0.15) is 38.7 Å². The number of pyridine rings is 1. The second kappa shape index (κ2) is 9.04. The summed E-state index contributed by atoms with van der Waals surface area (Å²) in [6.07, 6.45) is 3.78. The summed E-state index contributed by atoms with van der Waals surface area (Å²) in [4.78, 5) is 5.57. The van der Waals surface area contributed by atoms with Crippen LogP contribution in [0.15, 0.2) is 58.6 Å². The fourth-order valence-electron chi connectivity index (χ4n) is 1.74. The summed E-state index contributed by atoms with van der Waals surface area (Å²) in [6, 6.07) is 13.3. The molecule has 0 aliphatic heterocycles. The minimum atomic E-state index is -1.22. The molecule has 3 nitrogen and oxygen atoms in total. The fraction of sp³-hybridized carbons (Fsp3) is 0.294. The van der Waals surface area contributed by atoms with Gasteiger partial charge >= 0.3 is 0 Å². The molecule has 1 heterocycles. The lowest BCUT2D eigenvalue weighted by molar-refractivity contribution is 0.682. The van der Waals surface area contributed by atoms with Gasteiger partial charge in [-0.3, -0.25) is 4.98 Å². The topological polar surface area (TPSA) is 53.8 Å². The quantitative estimate of drug-likeness (QED) is 0.846. The Labute approximate surface area is 129 Å². The van der Waals surface area contributed by atoms with Crippen LogP contribution in [0.3, 0.4) is 0 Å². The van der Waals surface area contributed by atoms with E-state index >= 15 is 0 Å². The van der Waals surface area contributed by atoms with Gasteiger partial charge in [0.05, 0.1) is 21.8 Å². The molecule has 0 fully saturated rings. The zero-order chi connectivity index (χ0) is 15.7. The van der Waals surface area contributed by atoms with Gasteiger partial charge in [0.2, 0.25) is 0 Å². The molecule has 2 rings (SSSR count). The van der Waals surface area contributed by atoms with Gasteiger partial charge in [-0.15, -0.1) is 0 Å². The highest BCUT2D eigenvalue weighted by molar-refractivity contribution is 7.85. The van der Waals surface area contributed by atoms with Crippen LogP contribution in [-0.2, 0) is 10.8 Å². The molecule has 2 aromatic rings. The van der Waals surface area contributed by atoms with Gasteiger partial charge in [-0.25, -0.2) is 4.21 Å². The molecular formula is C17H20N2OS.